The molecule has 1 saturated carbocycles. The Bertz CT molecular complexity index is 374. The van der Waals surface area contributed by atoms with Crippen molar-refractivity contribution < 1.29 is 13.2 Å². The van der Waals surface area contributed by atoms with E-state index < -0.39 is 11.7 Å². The zero-order valence-corrected chi connectivity index (χ0v) is 11.3. The minimum atomic E-state index is -4.22. The molecule has 0 heterocycles. The lowest BCUT2D eigenvalue weighted by molar-refractivity contribution is -0.138. The summed E-state index contributed by atoms with van der Waals surface area (Å²) in [6.07, 6.45) is -0.325. The van der Waals surface area contributed by atoms with Crippen LogP contribution in [0, 0.1) is 6.92 Å². The molecule has 0 atom stereocenters. The summed E-state index contributed by atoms with van der Waals surface area (Å²) < 4.78 is 38.9. The van der Waals surface area contributed by atoms with Gasteiger partial charge in [0.05, 0.1) is 5.56 Å². The van der Waals surface area contributed by atoms with Gasteiger partial charge < -0.3 is 0 Å². The van der Waals surface area contributed by atoms with Crippen LogP contribution in [0.5, 0.6) is 0 Å². The predicted molar refractivity (Wildman–Crippen MR) is 68.7 cm³/mol. The standard InChI is InChI=1S/C13H15F3.C2H6/c1-9-5-4-8-11(10-6-2-3-7-10)12(9)13(14,15)16;1-2/h4-5,8,10H,2-3,6-7H2,1H3;1-2H3. The maximum absolute atomic E-state index is 13.0. The van der Waals surface area contributed by atoms with E-state index >= 15 is 0 Å². The Hall–Kier alpha value is -0.990. The van der Waals surface area contributed by atoms with Gasteiger partial charge in [0.2, 0.25) is 0 Å². The summed E-state index contributed by atoms with van der Waals surface area (Å²) in [5.74, 6) is 0.108. The van der Waals surface area contributed by atoms with Gasteiger partial charge in [0, 0.05) is 0 Å². The number of alkyl halides is 3. The topological polar surface area (TPSA) is 0 Å². The first kappa shape index (κ1) is 15.1. The zero-order chi connectivity index (χ0) is 13.8. The number of hydrogen-bond acceptors (Lipinski definition) is 0. The Morgan fingerprint density at radius 2 is 1.61 bits per heavy atom. The fourth-order valence-electron chi connectivity index (χ4n) is 2.65. The van der Waals surface area contributed by atoms with Crippen LogP contribution in [0.1, 0.15) is 62.1 Å². The van der Waals surface area contributed by atoms with Crippen LogP contribution in [0.25, 0.3) is 0 Å². The fraction of sp³-hybridized carbons (Fsp3) is 0.600. The van der Waals surface area contributed by atoms with Crippen LogP contribution in [-0.4, -0.2) is 0 Å². The number of rotatable bonds is 1. The van der Waals surface area contributed by atoms with Gasteiger partial charge in [-0.15, -0.1) is 0 Å². The summed E-state index contributed by atoms with van der Waals surface area (Å²) in [6.45, 7) is 5.54. The highest BCUT2D eigenvalue weighted by molar-refractivity contribution is 5.39. The van der Waals surface area contributed by atoms with Crippen LogP contribution in [-0.2, 0) is 6.18 Å². The molecule has 1 aromatic rings. The zero-order valence-electron chi connectivity index (χ0n) is 11.3. The van der Waals surface area contributed by atoms with Gasteiger partial charge in [-0.1, -0.05) is 44.9 Å². The van der Waals surface area contributed by atoms with Crippen LogP contribution >= 0.6 is 0 Å². The van der Waals surface area contributed by atoms with Gasteiger partial charge in [0.15, 0.2) is 0 Å². The Morgan fingerprint density at radius 1 is 1.06 bits per heavy atom. The molecular formula is C15H21F3. The minimum Gasteiger partial charge on any atom is -0.166 e. The summed E-state index contributed by atoms with van der Waals surface area (Å²) in [4.78, 5) is 0. The average molecular weight is 258 g/mol. The van der Waals surface area contributed by atoms with E-state index in [1.165, 1.54) is 0 Å². The minimum absolute atomic E-state index is 0.108. The average Bonchev–Trinajstić information content (AvgIpc) is 2.83. The lowest BCUT2D eigenvalue weighted by Gasteiger charge is -2.19. The van der Waals surface area contributed by atoms with Gasteiger partial charge in [-0.05, 0) is 36.8 Å². The highest BCUT2D eigenvalue weighted by Crippen LogP contribution is 2.42. The first-order valence-electron chi connectivity index (χ1n) is 6.67. The first-order chi connectivity index (χ1) is 8.50. The third kappa shape index (κ3) is 3.27. The molecule has 0 unspecified atom stereocenters. The summed E-state index contributed by atoms with van der Waals surface area (Å²) in [5, 5.41) is 0. The Kier molecular flexibility index (Phi) is 5.24. The molecule has 0 nitrogen and oxygen atoms in total. The van der Waals surface area contributed by atoms with Crippen LogP contribution in [0.3, 0.4) is 0 Å². The van der Waals surface area contributed by atoms with Crippen LogP contribution in [0.2, 0.25) is 0 Å². The third-order valence-corrected chi connectivity index (χ3v) is 3.38. The van der Waals surface area contributed by atoms with Gasteiger partial charge >= 0.3 is 6.18 Å². The van der Waals surface area contributed by atoms with Gasteiger partial charge in [0.25, 0.3) is 0 Å². The number of hydrogen-bond donors (Lipinski definition) is 0. The summed E-state index contributed by atoms with van der Waals surface area (Å²) >= 11 is 0. The maximum Gasteiger partial charge on any atom is 0.416 e. The molecule has 2 rings (SSSR count). The molecule has 3 heteroatoms. The summed E-state index contributed by atoms with van der Waals surface area (Å²) in [6, 6.07) is 4.92. The largest absolute Gasteiger partial charge is 0.416 e. The molecule has 0 saturated heterocycles. The number of benzene rings is 1. The van der Waals surface area contributed by atoms with E-state index in [2.05, 4.69) is 0 Å². The molecular weight excluding hydrogens is 237 g/mol. The molecule has 1 aliphatic carbocycles. The van der Waals surface area contributed by atoms with Crippen molar-refractivity contribution in [1.82, 2.24) is 0 Å². The molecule has 0 N–H and O–H groups in total. The van der Waals surface area contributed by atoms with Crippen LogP contribution < -0.4 is 0 Å². The quantitative estimate of drug-likeness (QED) is 0.606. The fourth-order valence-corrected chi connectivity index (χ4v) is 2.65. The van der Waals surface area contributed by atoms with Crippen molar-refractivity contribution in [3.05, 3.63) is 34.9 Å². The molecule has 0 radical (unpaired) electrons. The van der Waals surface area contributed by atoms with E-state index in [1.807, 2.05) is 13.8 Å². The maximum atomic E-state index is 13.0. The van der Waals surface area contributed by atoms with E-state index in [0.717, 1.165) is 25.7 Å². The van der Waals surface area contributed by atoms with Crippen molar-refractivity contribution in [2.45, 2.75) is 58.5 Å². The van der Waals surface area contributed by atoms with Crippen molar-refractivity contribution in [3.8, 4) is 0 Å². The third-order valence-electron chi connectivity index (χ3n) is 3.38. The molecule has 1 fully saturated rings. The second-order valence-electron chi connectivity index (χ2n) is 4.52. The molecule has 1 aromatic carbocycles. The van der Waals surface area contributed by atoms with Crippen molar-refractivity contribution in [1.29, 1.82) is 0 Å². The van der Waals surface area contributed by atoms with Gasteiger partial charge in [-0.25, -0.2) is 0 Å². The predicted octanol–water partition coefficient (Wildman–Crippen LogP) is 5.70. The molecule has 0 aromatic heterocycles. The Balaban J connectivity index is 0.000000771. The molecule has 0 aliphatic heterocycles. The van der Waals surface area contributed by atoms with Crippen molar-refractivity contribution in [2.75, 3.05) is 0 Å². The lowest BCUT2D eigenvalue weighted by atomic mass is 9.90. The molecule has 18 heavy (non-hydrogen) atoms. The van der Waals surface area contributed by atoms with Crippen molar-refractivity contribution in [2.24, 2.45) is 0 Å². The summed E-state index contributed by atoms with van der Waals surface area (Å²) in [5.41, 5.74) is 0.448. The second-order valence-corrected chi connectivity index (χ2v) is 4.52. The van der Waals surface area contributed by atoms with Gasteiger partial charge in [0.1, 0.15) is 0 Å². The van der Waals surface area contributed by atoms with E-state index in [1.54, 1.807) is 25.1 Å². The van der Waals surface area contributed by atoms with Crippen molar-refractivity contribution >= 4 is 0 Å². The van der Waals surface area contributed by atoms with E-state index in [-0.39, 0.29) is 5.92 Å². The normalized spacial score (nSPS) is 16.3. The van der Waals surface area contributed by atoms with Gasteiger partial charge in [-0.3, -0.25) is 0 Å². The van der Waals surface area contributed by atoms with Gasteiger partial charge in [-0.2, -0.15) is 13.2 Å². The first-order valence-corrected chi connectivity index (χ1v) is 6.67. The molecule has 1 aliphatic rings. The molecule has 102 valence electrons. The lowest BCUT2D eigenvalue weighted by Crippen LogP contribution is -2.13. The highest BCUT2D eigenvalue weighted by atomic mass is 19.4. The van der Waals surface area contributed by atoms with E-state index in [4.69, 9.17) is 0 Å². The Labute approximate surface area is 107 Å². The van der Waals surface area contributed by atoms with Crippen LogP contribution in [0.15, 0.2) is 18.2 Å². The van der Waals surface area contributed by atoms with E-state index in [9.17, 15) is 13.2 Å². The highest BCUT2D eigenvalue weighted by Gasteiger charge is 2.37. The second kappa shape index (κ2) is 6.26. The van der Waals surface area contributed by atoms with Crippen LogP contribution in [0.4, 0.5) is 13.2 Å². The van der Waals surface area contributed by atoms with E-state index in [0.29, 0.717) is 11.1 Å². The molecule has 0 bridgehead atoms. The number of aryl methyl sites for hydroxylation is 1. The molecule has 0 amide bonds. The summed E-state index contributed by atoms with van der Waals surface area (Å²) in [7, 11) is 0. The smallest absolute Gasteiger partial charge is 0.166 e. The SMILES string of the molecule is CC.Cc1cccc(C2CCCC2)c1C(F)(F)F. The Morgan fingerprint density at radius 3 is 2.11 bits per heavy atom. The monoisotopic (exact) mass is 258 g/mol. The molecule has 0 spiro atoms. The van der Waals surface area contributed by atoms with Crippen molar-refractivity contribution in [3.63, 3.8) is 0 Å². The number of halogens is 3.